The zero-order chi connectivity index (χ0) is 14.4. The number of nitrogens with zero attached hydrogens (tertiary/aromatic N) is 2. The smallest absolute Gasteiger partial charge is 0.233 e. The summed E-state index contributed by atoms with van der Waals surface area (Å²) in [5, 5.41) is 0. The highest BCUT2D eigenvalue weighted by Gasteiger charge is 2.18. The van der Waals surface area contributed by atoms with E-state index in [0.29, 0.717) is 6.42 Å². The van der Waals surface area contributed by atoms with E-state index in [2.05, 4.69) is 46.5 Å². The average Bonchev–Trinajstić information content (AvgIpc) is 2.49. The molecule has 0 bridgehead atoms. The second kappa shape index (κ2) is 7.14. The first-order chi connectivity index (χ1) is 9.72. The monoisotopic (exact) mass is 276 g/mol. The predicted molar refractivity (Wildman–Crippen MR) is 82.7 cm³/mol. The molecule has 1 aromatic carbocycles. The molecule has 0 spiro atoms. The van der Waals surface area contributed by atoms with Gasteiger partial charge in [-0.15, -0.1) is 0 Å². The first kappa shape index (κ1) is 14.7. The molecule has 0 unspecified atom stereocenters. The van der Waals surface area contributed by atoms with Crippen LogP contribution < -0.4 is 21.1 Å². The van der Waals surface area contributed by atoms with Crippen molar-refractivity contribution in [3.05, 3.63) is 24.3 Å². The topological polar surface area (TPSA) is 61.6 Å². The average molecular weight is 276 g/mol. The number of nitrogens with two attached hydrogens (primary N) is 1. The maximum absolute atomic E-state index is 11.0. The predicted octanol–water partition coefficient (Wildman–Crippen LogP) is 1.49. The number of fused-ring (bicyclic) bond motifs is 1. The normalized spacial score (nSPS) is 14.1. The van der Waals surface area contributed by atoms with Crippen LogP contribution >= 0.6 is 0 Å². The lowest BCUT2D eigenvalue weighted by Gasteiger charge is -2.37. The Labute approximate surface area is 120 Å². The third-order valence-electron chi connectivity index (χ3n) is 3.83. The highest BCUT2D eigenvalue weighted by atomic mass is 16.2. The fourth-order valence-electron chi connectivity index (χ4n) is 2.64. The first-order valence-electron chi connectivity index (χ1n) is 7.27. The zero-order valence-corrected chi connectivity index (χ0v) is 12.1. The molecular weight excluding hydrogens is 252 g/mol. The Bertz CT molecular complexity index is 449. The molecule has 3 N–H and O–H groups in total. The Kier molecular flexibility index (Phi) is 5.24. The fraction of sp³-hybridized carbons (Fsp3) is 0.533. The molecule has 1 amide bonds. The van der Waals surface area contributed by atoms with Gasteiger partial charge in [0.2, 0.25) is 5.91 Å². The fourth-order valence-corrected chi connectivity index (χ4v) is 2.64. The Balaban J connectivity index is 1.80. The van der Waals surface area contributed by atoms with Gasteiger partial charge in [0, 0.05) is 33.1 Å². The summed E-state index contributed by atoms with van der Waals surface area (Å²) in [4.78, 5) is 15.8. The number of benzene rings is 1. The van der Waals surface area contributed by atoms with E-state index in [1.165, 1.54) is 11.4 Å². The van der Waals surface area contributed by atoms with Gasteiger partial charge in [0.25, 0.3) is 0 Å². The summed E-state index contributed by atoms with van der Waals surface area (Å²) in [5.41, 5.74) is 4.80. The minimum atomic E-state index is -0.0741. The molecule has 5 nitrogen and oxygen atoms in total. The molecular formula is C15H24N4O. The minimum Gasteiger partial charge on any atom is -0.371 e. The summed E-state index contributed by atoms with van der Waals surface area (Å²) >= 11 is 0. The third kappa shape index (κ3) is 3.63. The van der Waals surface area contributed by atoms with E-state index < -0.39 is 0 Å². The number of rotatable bonds is 6. The number of para-hydroxylation sites is 2. The van der Waals surface area contributed by atoms with Gasteiger partial charge in [-0.25, -0.2) is 5.84 Å². The second-order valence-electron chi connectivity index (χ2n) is 5.28. The van der Waals surface area contributed by atoms with Crippen LogP contribution in [0.1, 0.15) is 25.7 Å². The molecule has 0 aromatic heterocycles. The number of unbranched alkanes of at least 4 members (excludes halogenated alkanes) is 2. The summed E-state index contributed by atoms with van der Waals surface area (Å²) in [6, 6.07) is 8.54. The highest BCUT2D eigenvalue weighted by molar-refractivity contribution is 5.75. The van der Waals surface area contributed by atoms with Crippen LogP contribution in [0.25, 0.3) is 0 Å². The van der Waals surface area contributed by atoms with Crippen molar-refractivity contribution in [2.24, 2.45) is 5.84 Å². The molecule has 0 saturated carbocycles. The van der Waals surface area contributed by atoms with E-state index in [9.17, 15) is 4.79 Å². The Morgan fingerprint density at radius 1 is 1.20 bits per heavy atom. The van der Waals surface area contributed by atoms with Gasteiger partial charge in [-0.1, -0.05) is 18.6 Å². The number of hydrogen-bond donors (Lipinski definition) is 2. The molecule has 0 saturated heterocycles. The lowest BCUT2D eigenvalue weighted by molar-refractivity contribution is -0.121. The SMILES string of the molecule is CN1CCN(CCCCCC(=O)NN)c2ccccc21. The van der Waals surface area contributed by atoms with Crippen LogP contribution in [0.5, 0.6) is 0 Å². The third-order valence-corrected chi connectivity index (χ3v) is 3.83. The molecule has 0 aliphatic carbocycles. The number of hydrazine groups is 1. The maximum atomic E-state index is 11.0. The van der Waals surface area contributed by atoms with Crippen molar-refractivity contribution in [1.82, 2.24) is 5.43 Å². The van der Waals surface area contributed by atoms with Crippen LogP contribution in [-0.4, -0.2) is 32.6 Å². The lowest BCUT2D eigenvalue weighted by atomic mass is 10.1. The van der Waals surface area contributed by atoms with Crippen LogP contribution in [0, 0.1) is 0 Å². The van der Waals surface area contributed by atoms with Crippen molar-refractivity contribution in [2.75, 3.05) is 36.5 Å². The lowest BCUT2D eigenvalue weighted by Crippen LogP contribution is -2.39. The summed E-state index contributed by atoms with van der Waals surface area (Å²) in [6.07, 6.45) is 3.59. The van der Waals surface area contributed by atoms with Gasteiger partial charge < -0.3 is 9.80 Å². The molecule has 0 atom stereocenters. The standard InChI is InChI=1S/C15H24N4O/c1-18-11-12-19(14-8-5-4-7-13(14)18)10-6-2-3-9-15(20)17-16/h4-5,7-8H,2-3,6,9-12,16H2,1H3,(H,17,20). The van der Waals surface area contributed by atoms with E-state index in [4.69, 9.17) is 5.84 Å². The number of likely N-dealkylation sites (N-methyl/N-ethyl adjacent to an activating group) is 1. The number of anilines is 2. The molecule has 0 radical (unpaired) electrons. The molecule has 1 heterocycles. The van der Waals surface area contributed by atoms with E-state index in [0.717, 1.165) is 38.9 Å². The number of carbonyl (C=O) groups excluding carboxylic acids is 1. The second-order valence-corrected chi connectivity index (χ2v) is 5.28. The van der Waals surface area contributed by atoms with Crippen LogP contribution in [0.15, 0.2) is 24.3 Å². The van der Waals surface area contributed by atoms with Gasteiger partial charge in [0.05, 0.1) is 11.4 Å². The van der Waals surface area contributed by atoms with Crippen molar-refractivity contribution >= 4 is 17.3 Å². The van der Waals surface area contributed by atoms with Crippen molar-refractivity contribution < 1.29 is 4.79 Å². The zero-order valence-electron chi connectivity index (χ0n) is 12.1. The van der Waals surface area contributed by atoms with Crippen molar-refractivity contribution in [3.63, 3.8) is 0 Å². The van der Waals surface area contributed by atoms with E-state index in [1.807, 2.05) is 0 Å². The first-order valence-corrected chi connectivity index (χ1v) is 7.27. The van der Waals surface area contributed by atoms with Gasteiger partial charge in [0.1, 0.15) is 0 Å². The largest absolute Gasteiger partial charge is 0.371 e. The molecule has 1 aromatic rings. The molecule has 1 aliphatic heterocycles. The summed E-state index contributed by atoms with van der Waals surface area (Å²) in [5.74, 6) is 4.98. The van der Waals surface area contributed by atoms with Crippen LogP contribution in [0.3, 0.4) is 0 Å². The molecule has 2 rings (SSSR count). The van der Waals surface area contributed by atoms with Crippen molar-refractivity contribution in [2.45, 2.75) is 25.7 Å². The van der Waals surface area contributed by atoms with Crippen molar-refractivity contribution in [3.8, 4) is 0 Å². The highest BCUT2D eigenvalue weighted by Crippen LogP contribution is 2.31. The van der Waals surface area contributed by atoms with Gasteiger partial charge >= 0.3 is 0 Å². The van der Waals surface area contributed by atoms with E-state index in [-0.39, 0.29) is 5.91 Å². The van der Waals surface area contributed by atoms with Crippen LogP contribution in [0.2, 0.25) is 0 Å². The van der Waals surface area contributed by atoms with Gasteiger partial charge in [-0.05, 0) is 25.0 Å². The quantitative estimate of drug-likeness (QED) is 0.358. The van der Waals surface area contributed by atoms with Gasteiger partial charge in [0.15, 0.2) is 0 Å². The Morgan fingerprint density at radius 3 is 2.70 bits per heavy atom. The molecule has 1 aliphatic rings. The minimum absolute atomic E-state index is 0.0741. The van der Waals surface area contributed by atoms with E-state index in [1.54, 1.807) is 0 Å². The number of nitrogens with one attached hydrogen (secondary N) is 1. The molecule has 5 heteroatoms. The van der Waals surface area contributed by atoms with Crippen LogP contribution in [0.4, 0.5) is 11.4 Å². The molecule has 20 heavy (non-hydrogen) atoms. The molecule has 0 fully saturated rings. The Morgan fingerprint density at radius 2 is 1.95 bits per heavy atom. The number of hydrogen-bond acceptors (Lipinski definition) is 4. The maximum Gasteiger partial charge on any atom is 0.233 e. The van der Waals surface area contributed by atoms with Crippen molar-refractivity contribution in [1.29, 1.82) is 0 Å². The van der Waals surface area contributed by atoms with Crippen LogP contribution in [-0.2, 0) is 4.79 Å². The van der Waals surface area contributed by atoms with Gasteiger partial charge in [-0.2, -0.15) is 0 Å². The Hall–Kier alpha value is -1.75. The van der Waals surface area contributed by atoms with Gasteiger partial charge in [-0.3, -0.25) is 10.2 Å². The number of carbonyl (C=O) groups is 1. The summed E-state index contributed by atoms with van der Waals surface area (Å²) < 4.78 is 0. The van der Waals surface area contributed by atoms with E-state index >= 15 is 0 Å². The summed E-state index contributed by atoms with van der Waals surface area (Å²) in [7, 11) is 2.14. The number of amides is 1. The molecule has 110 valence electrons. The summed E-state index contributed by atoms with van der Waals surface area (Å²) in [6.45, 7) is 3.18.